The van der Waals surface area contributed by atoms with E-state index in [0.29, 0.717) is 22.9 Å². The Labute approximate surface area is 230 Å². The maximum atomic E-state index is 13.8. The maximum absolute atomic E-state index is 13.8. The fraction of sp³-hybridized carbons (Fsp3) is 0.733. The molecular formula is C30H43N3O6. The van der Waals surface area contributed by atoms with Gasteiger partial charge >= 0.3 is 5.97 Å². The monoisotopic (exact) mass is 541 g/mol. The lowest BCUT2D eigenvalue weighted by Crippen LogP contribution is -2.66. The Balaban J connectivity index is 1.41. The first-order valence-corrected chi connectivity index (χ1v) is 14.5. The summed E-state index contributed by atoms with van der Waals surface area (Å²) in [4.78, 5) is 16.0. The molecule has 1 saturated heterocycles. The molecular weight excluding hydrogens is 498 g/mol. The molecule has 5 aliphatic rings. The van der Waals surface area contributed by atoms with Gasteiger partial charge in [-0.05, 0) is 66.9 Å². The number of aliphatic hydroxyl groups is 4. The van der Waals surface area contributed by atoms with E-state index in [4.69, 9.17) is 4.74 Å². The van der Waals surface area contributed by atoms with E-state index < -0.39 is 41.9 Å². The van der Waals surface area contributed by atoms with Crippen LogP contribution in [-0.4, -0.2) is 79.8 Å². The molecule has 6 rings (SSSR count). The van der Waals surface area contributed by atoms with E-state index in [1.54, 1.807) is 26.2 Å². The lowest BCUT2D eigenvalue weighted by molar-refractivity contribution is -0.215. The second-order valence-corrected chi connectivity index (χ2v) is 13.4. The van der Waals surface area contributed by atoms with Crippen molar-refractivity contribution < 1.29 is 30.0 Å². The van der Waals surface area contributed by atoms with Crippen molar-refractivity contribution in [1.82, 2.24) is 9.78 Å². The van der Waals surface area contributed by atoms with Crippen LogP contribution < -0.4 is 4.90 Å². The minimum Gasteiger partial charge on any atom is -0.450 e. The molecule has 0 aromatic carbocycles. The average molecular weight is 542 g/mol. The molecule has 1 aromatic rings. The fourth-order valence-electron chi connectivity index (χ4n) is 9.09. The van der Waals surface area contributed by atoms with E-state index in [1.807, 2.05) is 13.0 Å². The van der Waals surface area contributed by atoms with Crippen molar-refractivity contribution in [2.45, 2.75) is 77.3 Å². The van der Waals surface area contributed by atoms with E-state index in [1.165, 1.54) is 4.68 Å². The minimum atomic E-state index is -2.06. The van der Waals surface area contributed by atoms with Crippen molar-refractivity contribution in [3.63, 3.8) is 0 Å². The number of fused-ring (bicyclic) bond motifs is 3. The van der Waals surface area contributed by atoms with Crippen molar-refractivity contribution in [1.29, 1.82) is 0 Å². The Morgan fingerprint density at radius 1 is 1.21 bits per heavy atom. The molecule has 3 fully saturated rings. The van der Waals surface area contributed by atoms with Gasteiger partial charge in [0.1, 0.15) is 11.7 Å². The number of hydrogen-bond acceptors (Lipinski definition) is 8. The van der Waals surface area contributed by atoms with Crippen LogP contribution in [0.25, 0.3) is 0 Å². The van der Waals surface area contributed by atoms with Crippen molar-refractivity contribution >= 4 is 11.7 Å². The van der Waals surface area contributed by atoms with Crippen molar-refractivity contribution in [2.24, 2.45) is 41.5 Å². The SMILES string of the molecule is CC1=C[C@]23C(O)[C@@H](C=C(CO)[C@@H](O)[C@]2(O)[C@H]1OC(=O)c1c(N2CCCCC2)cnn1C)[C@H]1[C@@H](C[C@H]3C)C1(C)C. The van der Waals surface area contributed by atoms with Gasteiger partial charge in [-0.1, -0.05) is 32.9 Å². The van der Waals surface area contributed by atoms with Gasteiger partial charge < -0.3 is 30.1 Å². The summed E-state index contributed by atoms with van der Waals surface area (Å²) in [5, 5.41) is 51.3. The molecule has 1 aromatic heterocycles. The predicted molar refractivity (Wildman–Crippen MR) is 145 cm³/mol. The number of carbonyl (C=O) groups is 1. The van der Waals surface area contributed by atoms with Crippen LogP contribution in [0.15, 0.2) is 29.5 Å². The lowest BCUT2D eigenvalue weighted by Gasteiger charge is -2.52. The molecule has 39 heavy (non-hydrogen) atoms. The topological polar surface area (TPSA) is 128 Å². The number of ether oxygens (including phenoxy) is 1. The number of nitrogens with zero attached hydrogens (tertiary/aromatic N) is 3. The summed E-state index contributed by atoms with van der Waals surface area (Å²) in [5.41, 5.74) is -1.45. The smallest absolute Gasteiger partial charge is 0.359 e. The van der Waals surface area contributed by atoms with E-state index in [0.717, 1.165) is 38.8 Å². The van der Waals surface area contributed by atoms with Gasteiger partial charge in [0.15, 0.2) is 11.8 Å². The summed E-state index contributed by atoms with van der Waals surface area (Å²) >= 11 is 0. The number of piperidine rings is 1. The molecule has 1 unspecified atom stereocenters. The molecule has 214 valence electrons. The third-order valence-electron chi connectivity index (χ3n) is 11.2. The van der Waals surface area contributed by atoms with Crippen LogP contribution in [-0.2, 0) is 11.8 Å². The lowest BCUT2D eigenvalue weighted by atomic mass is 9.58. The Kier molecular flexibility index (Phi) is 6.16. The van der Waals surface area contributed by atoms with Crippen LogP contribution in [0.2, 0.25) is 0 Å². The molecule has 2 saturated carbocycles. The molecule has 1 spiro atoms. The highest BCUT2D eigenvalue weighted by atomic mass is 16.6. The van der Waals surface area contributed by atoms with Crippen LogP contribution >= 0.6 is 0 Å². The second-order valence-electron chi connectivity index (χ2n) is 13.4. The predicted octanol–water partition coefficient (Wildman–Crippen LogP) is 2.20. The van der Waals surface area contributed by atoms with Crippen molar-refractivity contribution in [3.8, 4) is 0 Å². The van der Waals surface area contributed by atoms with E-state index >= 15 is 0 Å². The zero-order valence-electron chi connectivity index (χ0n) is 23.7. The van der Waals surface area contributed by atoms with Crippen molar-refractivity contribution in [2.75, 3.05) is 24.6 Å². The molecule has 0 amide bonds. The molecule has 4 aliphatic carbocycles. The number of aryl methyl sites for hydroxylation is 1. The van der Waals surface area contributed by atoms with E-state index in [2.05, 4.69) is 23.8 Å². The number of hydrogen-bond donors (Lipinski definition) is 4. The van der Waals surface area contributed by atoms with E-state index in [9.17, 15) is 25.2 Å². The quantitative estimate of drug-likeness (QED) is 0.337. The van der Waals surface area contributed by atoms with Gasteiger partial charge in [0.2, 0.25) is 0 Å². The summed E-state index contributed by atoms with van der Waals surface area (Å²) in [6.07, 6.45) is 5.56. The number of esters is 1. The third kappa shape index (κ3) is 3.46. The summed E-state index contributed by atoms with van der Waals surface area (Å²) in [6, 6.07) is 0. The molecule has 9 atom stereocenters. The fourth-order valence-corrected chi connectivity index (χ4v) is 9.09. The number of aliphatic hydroxyl groups excluding tert-OH is 3. The van der Waals surface area contributed by atoms with Crippen LogP contribution in [0.3, 0.4) is 0 Å². The van der Waals surface area contributed by atoms with Gasteiger partial charge in [-0.2, -0.15) is 5.10 Å². The summed E-state index contributed by atoms with van der Waals surface area (Å²) in [7, 11) is 1.69. The van der Waals surface area contributed by atoms with Gasteiger partial charge in [-0.25, -0.2) is 4.79 Å². The molecule has 9 nitrogen and oxygen atoms in total. The first-order chi connectivity index (χ1) is 18.4. The molecule has 4 N–H and O–H groups in total. The highest BCUT2D eigenvalue weighted by Crippen LogP contribution is 2.72. The Bertz CT molecular complexity index is 1230. The molecule has 1 aliphatic heterocycles. The minimum absolute atomic E-state index is 0.0135. The largest absolute Gasteiger partial charge is 0.450 e. The first-order valence-electron chi connectivity index (χ1n) is 14.5. The van der Waals surface area contributed by atoms with E-state index in [-0.39, 0.29) is 28.7 Å². The Hall–Kier alpha value is -2.20. The summed E-state index contributed by atoms with van der Waals surface area (Å²) < 4.78 is 7.65. The van der Waals surface area contributed by atoms with Crippen LogP contribution in [0, 0.1) is 34.5 Å². The normalized spacial score (nSPS) is 42.5. The zero-order valence-corrected chi connectivity index (χ0v) is 23.7. The highest BCUT2D eigenvalue weighted by Gasteiger charge is 2.76. The third-order valence-corrected chi connectivity index (χ3v) is 11.2. The average Bonchev–Trinajstić information content (AvgIpc) is 3.17. The van der Waals surface area contributed by atoms with Gasteiger partial charge in [-0.3, -0.25) is 4.68 Å². The first kappa shape index (κ1) is 27.0. The number of aromatic nitrogens is 2. The summed E-state index contributed by atoms with van der Waals surface area (Å²) in [6.45, 7) is 9.40. The van der Waals surface area contributed by atoms with Gasteiger partial charge in [0.05, 0.1) is 30.0 Å². The van der Waals surface area contributed by atoms with Gasteiger partial charge in [-0.15, -0.1) is 0 Å². The number of rotatable bonds is 4. The van der Waals surface area contributed by atoms with Crippen molar-refractivity contribution in [3.05, 3.63) is 35.2 Å². The molecule has 9 heteroatoms. The zero-order chi connectivity index (χ0) is 28.1. The maximum Gasteiger partial charge on any atom is 0.359 e. The van der Waals surface area contributed by atoms with Crippen LogP contribution in [0.4, 0.5) is 5.69 Å². The van der Waals surface area contributed by atoms with Crippen LogP contribution in [0.5, 0.6) is 0 Å². The molecule has 0 radical (unpaired) electrons. The molecule has 2 heterocycles. The van der Waals surface area contributed by atoms with Crippen LogP contribution in [0.1, 0.15) is 63.9 Å². The standard InChI is InChI=1S/C30H43N3O6/c1-16-13-29-17(2)11-20-22(28(20,3)4)19(25(29)36)12-18(15-34)24(35)30(29,38)26(16)39-27(37)23-21(14-31-32(23)5)33-9-7-6-8-10-33/h12-14,17,19-20,22,24-26,34-36,38H,6-11,15H2,1-5H3/t17-,19+,20-,22+,24-,25?,26+,29+,30+/m1/s1. The second kappa shape index (κ2) is 8.90. The van der Waals surface area contributed by atoms with Gasteiger partial charge in [0.25, 0.3) is 0 Å². The number of anilines is 1. The van der Waals surface area contributed by atoms with Gasteiger partial charge in [0, 0.05) is 26.1 Å². The number of carbonyl (C=O) groups excluding carboxylic acids is 1. The Morgan fingerprint density at radius 3 is 2.56 bits per heavy atom. The molecule has 2 bridgehead atoms. The summed E-state index contributed by atoms with van der Waals surface area (Å²) in [5.74, 6) is -0.679. The Morgan fingerprint density at radius 2 is 1.90 bits per heavy atom. The highest BCUT2D eigenvalue weighted by molar-refractivity contribution is 5.94.